The largest absolute Gasteiger partial charge is 0.497 e. The molecule has 3 N–H and O–H groups in total. The minimum absolute atomic E-state index is 0.0107. The number of methoxy groups -OCH3 is 1. The van der Waals surface area contributed by atoms with E-state index in [4.69, 9.17) is 10.5 Å². The van der Waals surface area contributed by atoms with Crippen LogP contribution in [0.4, 0.5) is 0 Å². The Kier molecular flexibility index (Phi) is 2.99. The fourth-order valence-corrected chi connectivity index (χ4v) is 1.96. The number of carbonyl (C=O) groups excluding carboxylic acids is 1. The lowest BCUT2D eigenvalue weighted by Crippen LogP contribution is -2.28. The SMILES string of the molecule is COc1ccc(C2NN=C(C(N)=O)C2C)cc1. The van der Waals surface area contributed by atoms with Crippen LogP contribution >= 0.6 is 0 Å². The first kappa shape index (κ1) is 11.4. The number of nitrogens with zero attached hydrogens (tertiary/aromatic N) is 1. The molecular formula is C12H15N3O2. The predicted octanol–water partition coefficient (Wildman–Crippen LogP) is 0.817. The maximum Gasteiger partial charge on any atom is 0.265 e. The fraction of sp³-hybridized carbons (Fsp3) is 0.333. The highest BCUT2D eigenvalue weighted by atomic mass is 16.5. The van der Waals surface area contributed by atoms with E-state index >= 15 is 0 Å². The Morgan fingerprint density at radius 2 is 2.06 bits per heavy atom. The average molecular weight is 233 g/mol. The van der Waals surface area contributed by atoms with Crippen molar-refractivity contribution in [3.8, 4) is 5.75 Å². The first-order valence-electron chi connectivity index (χ1n) is 5.40. The molecule has 2 atom stereocenters. The second-order valence-corrected chi connectivity index (χ2v) is 4.03. The Balaban J connectivity index is 2.17. The van der Waals surface area contributed by atoms with Crippen molar-refractivity contribution in [2.24, 2.45) is 16.8 Å². The molecule has 0 fully saturated rings. The van der Waals surface area contributed by atoms with Crippen LogP contribution in [-0.2, 0) is 4.79 Å². The number of nitrogens with one attached hydrogen (secondary N) is 1. The summed E-state index contributed by atoms with van der Waals surface area (Å²) in [5.41, 5.74) is 9.63. The van der Waals surface area contributed by atoms with Crippen molar-refractivity contribution in [2.45, 2.75) is 13.0 Å². The molecule has 0 radical (unpaired) electrons. The van der Waals surface area contributed by atoms with E-state index in [1.54, 1.807) is 7.11 Å². The zero-order chi connectivity index (χ0) is 12.4. The van der Waals surface area contributed by atoms with E-state index in [0.717, 1.165) is 11.3 Å². The first-order chi connectivity index (χ1) is 8.13. The molecule has 1 heterocycles. The molecule has 17 heavy (non-hydrogen) atoms. The highest BCUT2D eigenvalue weighted by Crippen LogP contribution is 2.28. The molecule has 1 aliphatic rings. The maximum absolute atomic E-state index is 11.1. The van der Waals surface area contributed by atoms with E-state index in [-0.39, 0.29) is 12.0 Å². The quantitative estimate of drug-likeness (QED) is 0.811. The number of benzene rings is 1. The summed E-state index contributed by atoms with van der Waals surface area (Å²) in [4.78, 5) is 11.1. The van der Waals surface area contributed by atoms with Gasteiger partial charge >= 0.3 is 0 Å². The van der Waals surface area contributed by atoms with Gasteiger partial charge in [0.25, 0.3) is 5.91 Å². The van der Waals surface area contributed by atoms with E-state index in [1.165, 1.54) is 0 Å². The number of nitrogens with two attached hydrogens (primary N) is 1. The molecule has 1 amide bonds. The predicted molar refractivity (Wildman–Crippen MR) is 64.7 cm³/mol. The number of amides is 1. The van der Waals surface area contributed by atoms with Gasteiger partial charge in [0, 0.05) is 5.92 Å². The smallest absolute Gasteiger partial charge is 0.265 e. The molecule has 5 nitrogen and oxygen atoms in total. The second kappa shape index (κ2) is 4.45. The standard InChI is InChI=1S/C12H15N3O2/c1-7-10(14-15-11(7)12(13)16)8-3-5-9(17-2)6-4-8/h3-7,10,14H,1-2H3,(H2,13,16). The lowest BCUT2D eigenvalue weighted by Gasteiger charge is -2.16. The fourth-order valence-electron chi connectivity index (χ4n) is 1.96. The number of hydrazone groups is 1. The Morgan fingerprint density at radius 1 is 1.41 bits per heavy atom. The summed E-state index contributed by atoms with van der Waals surface area (Å²) in [5.74, 6) is 0.303. The van der Waals surface area contributed by atoms with Gasteiger partial charge in [0.2, 0.25) is 0 Å². The number of rotatable bonds is 3. The third kappa shape index (κ3) is 2.08. The molecule has 1 aliphatic heterocycles. The van der Waals surface area contributed by atoms with Crippen LogP contribution in [0, 0.1) is 5.92 Å². The zero-order valence-electron chi connectivity index (χ0n) is 9.81. The van der Waals surface area contributed by atoms with Crippen LogP contribution < -0.4 is 15.9 Å². The van der Waals surface area contributed by atoms with E-state index in [1.807, 2.05) is 31.2 Å². The van der Waals surface area contributed by atoms with Crippen LogP contribution in [0.2, 0.25) is 0 Å². The van der Waals surface area contributed by atoms with Gasteiger partial charge in [-0.15, -0.1) is 0 Å². The van der Waals surface area contributed by atoms with E-state index in [0.29, 0.717) is 5.71 Å². The maximum atomic E-state index is 11.1. The van der Waals surface area contributed by atoms with E-state index in [2.05, 4.69) is 10.5 Å². The molecule has 1 aromatic rings. The van der Waals surface area contributed by atoms with Gasteiger partial charge in [0.05, 0.1) is 13.2 Å². The van der Waals surface area contributed by atoms with Gasteiger partial charge in [-0.2, -0.15) is 5.10 Å². The summed E-state index contributed by atoms with van der Waals surface area (Å²) < 4.78 is 5.09. The van der Waals surface area contributed by atoms with Crippen LogP contribution in [-0.4, -0.2) is 18.7 Å². The van der Waals surface area contributed by atoms with Gasteiger partial charge in [-0.25, -0.2) is 0 Å². The van der Waals surface area contributed by atoms with Crippen molar-refractivity contribution in [1.29, 1.82) is 0 Å². The van der Waals surface area contributed by atoms with Crippen LogP contribution in [0.3, 0.4) is 0 Å². The second-order valence-electron chi connectivity index (χ2n) is 4.03. The molecule has 2 rings (SSSR count). The van der Waals surface area contributed by atoms with Gasteiger partial charge in [-0.1, -0.05) is 19.1 Å². The summed E-state index contributed by atoms with van der Waals surface area (Å²) in [6.07, 6.45) is 0. The first-order valence-corrected chi connectivity index (χ1v) is 5.40. The van der Waals surface area contributed by atoms with Crippen molar-refractivity contribution in [1.82, 2.24) is 5.43 Å². The van der Waals surface area contributed by atoms with Crippen LogP contribution in [0.1, 0.15) is 18.5 Å². The summed E-state index contributed by atoms with van der Waals surface area (Å²) in [6, 6.07) is 7.65. The molecule has 1 aromatic carbocycles. The molecule has 0 saturated carbocycles. The highest BCUT2D eigenvalue weighted by Gasteiger charge is 2.31. The number of carbonyl (C=O) groups is 1. The van der Waals surface area contributed by atoms with Crippen molar-refractivity contribution in [3.63, 3.8) is 0 Å². The van der Waals surface area contributed by atoms with Gasteiger partial charge in [0.1, 0.15) is 11.5 Å². The number of hydrogen-bond donors (Lipinski definition) is 2. The highest BCUT2D eigenvalue weighted by molar-refractivity contribution is 6.39. The number of primary amides is 1. The molecule has 0 aliphatic carbocycles. The normalized spacial score (nSPS) is 22.8. The van der Waals surface area contributed by atoms with Crippen molar-refractivity contribution < 1.29 is 9.53 Å². The molecule has 2 unspecified atom stereocenters. The lowest BCUT2D eigenvalue weighted by atomic mass is 9.92. The molecule has 0 spiro atoms. The Labute approximate surface area is 99.6 Å². The molecule has 0 aromatic heterocycles. The summed E-state index contributed by atoms with van der Waals surface area (Å²) in [7, 11) is 1.62. The van der Waals surface area contributed by atoms with Crippen molar-refractivity contribution in [3.05, 3.63) is 29.8 Å². The summed E-state index contributed by atoms with van der Waals surface area (Å²) in [5, 5.41) is 3.98. The average Bonchev–Trinajstić information content (AvgIpc) is 2.71. The van der Waals surface area contributed by atoms with E-state index < -0.39 is 5.91 Å². The van der Waals surface area contributed by atoms with Crippen LogP contribution in [0.25, 0.3) is 0 Å². The van der Waals surface area contributed by atoms with Crippen molar-refractivity contribution in [2.75, 3.05) is 7.11 Å². The number of ether oxygens (including phenoxy) is 1. The molecular weight excluding hydrogens is 218 g/mol. The lowest BCUT2D eigenvalue weighted by molar-refractivity contribution is -0.112. The minimum Gasteiger partial charge on any atom is -0.497 e. The summed E-state index contributed by atoms with van der Waals surface area (Å²) in [6.45, 7) is 1.93. The zero-order valence-corrected chi connectivity index (χ0v) is 9.81. The molecule has 0 saturated heterocycles. The monoisotopic (exact) mass is 233 g/mol. The Bertz CT molecular complexity index is 453. The van der Waals surface area contributed by atoms with Gasteiger partial charge in [-0.3, -0.25) is 4.79 Å². The third-order valence-electron chi connectivity index (χ3n) is 2.98. The third-order valence-corrected chi connectivity index (χ3v) is 2.98. The van der Waals surface area contributed by atoms with Gasteiger partial charge in [-0.05, 0) is 17.7 Å². The van der Waals surface area contributed by atoms with E-state index in [9.17, 15) is 4.79 Å². The Hall–Kier alpha value is -2.04. The van der Waals surface area contributed by atoms with Gasteiger partial charge < -0.3 is 15.9 Å². The van der Waals surface area contributed by atoms with Crippen LogP contribution in [0.15, 0.2) is 29.4 Å². The summed E-state index contributed by atoms with van der Waals surface area (Å²) >= 11 is 0. The van der Waals surface area contributed by atoms with Gasteiger partial charge in [0.15, 0.2) is 0 Å². The molecule has 90 valence electrons. The molecule has 0 bridgehead atoms. The van der Waals surface area contributed by atoms with Crippen molar-refractivity contribution >= 4 is 11.6 Å². The van der Waals surface area contributed by atoms with Crippen LogP contribution in [0.5, 0.6) is 5.75 Å². The minimum atomic E-state index is -0.471. The Morgan fingerprint density at radius 3 is 2.53 bits per heavy atom. The topological polar surface area (TPSA) is 76.7 Å². The molecule has 5 heteroatoms. The number of hydrogen-bond acceptors (Lipinski definition) is 4.